The molecule has 8 nitrogen and oxygen atoms in total. The zero-order valence-electron chi connectivity index (χ0n) is 13.9. The van der Waals surface area contributed by atoms with Crippen molar-refractivity contribution in [2.45, 2.75) is 6.10 Å². The molecule has 0 radical (unpaired) electrons. The highest BCUT2D eigenvalue weighted by Crippen LogP contribution is 2.16. The average molecular weight is 380 g/mol. The number of nitrogens with one attached hydrogen (secondary N) is 1. The number of hydrogen-bond acceptors (Lipinski definition) is 6. The molecule has 0 aliphatic carbocycles. The third-order valence-electron chi connectivity index (χ3n) is 3.75. The molecule has 1 atom stereocenters. The number of pyridine rings is 1. The molecule has 1 saturated heterocycles. The molecule has 3 heterocycles. The molecule has 9 heteroatoms. The van der Waals surface area contributed by atoms with E-state index in [9.17, 15) is 9.59 Å². The van der Waals surface area contributed by atoms with Crippen molar-refractivity contribution >= 4 is 23.4 Å². The van der Waals surface area contributed by atoms with Crippen molar-refractivity contribution in [3.05, 3.63) is 47.6 Å². The zero-order chi connectivity index (χ0) is 18.4. The first kappa shape index (κ1) is 18.2. The van der Waals surface area contributed by atoms with Gasteiger partial charge in [-0.15, -0.1) is 0 Å². The van der Waals surface area contributed by atoms with Gasteiger partial charge in [-0.3, -0.25) is 14.6 Å². The Morgan fingerprint density at radius 1 is 1.42 bits per heavy atom. The van der Waals surface area contributed by atoms with Gasteiger partial charge in [-0.25, -0.2) is 0 Å². The third kappa shape index (κ3) is 4.96. The van der Waals surface area contributed by atoms with Crippen LogP contribution < -0.4 is 10.1 Å². The van der Waals surface area contributed by atoms with Crippen LogP contribution in [-0.4, -0.2) is 60.7 Å². The number of morpholine rings is 1. The summed E-state index contributed by atoms with van der Waals surface area (Å²) in [6.07, 6.45) is 4.20. The van der Waals surface area contributed by atoms with Crippen LogP contribution in [0.4, 0.5) is 0 Å². The topological polar surface area (TPSA) is 93.9 Å². The maximum absolute atomic E-state index is 12.3. The Balaban J connectivity index is 1.45. The first-order valence-electron chi connectivity index (χ1n) is 8.06. The number of furan rings is 1. The smallest absolute Gasteiger partial charge is 0.287 e. The van der Waals surface area contributed by atoms with Crippen LogP contribution in [0.25, 0.3) is 0 Å². The van der Waals surface area contributed by atoms with Crippen molar-refractivity contribution in [3.8, 4) is 5.75 Å². The SMILES string of the molecule is O=C(NCC(=O)N1CCOC(COc2cncc(Cl)c2)C1)c1ccco1. The molecule has 0 aromatic carbocycles. The van der Waals surface area contributed by atoms with Gasteiger partial charge in [-0.1, -0.05) is 11.6 Å². The predicted octanol–water partition coefficient (Wildman–Crippen LogP) is 1.36. The van der Waals surface area contributed by atoms with E-state index in [0.29, 0.717) is 30.5 Å². The summed E-state index contributed by atoms with van der Waals surface area (Å²) in [5, 5.41) is 3.02. The van der Waals surface area contributed by atoms with E-state index in [0.717, 1.165) is 0 Å². The first-order chi connectivity index (χ1) is 12.6. The molecule has 2 amide bonds. The molecular formula is C17H18ClN3O5. The van der Waals surface area contributed by atoms with Crippen LogP contribution in [0, 0.1) is 0 Å². The maximum Gasteiger partial charge on any atom is 0.287 e. The lowest BCUT2D eigenvalue weighted by atomic mass is 10.2. The van der Waals surface area contributed by atoms with Crippen molar-refractivity contribution < 1.29 is 23.5 Å². The van der Waals surface area contributed by atoms with E-state index < -0.39 is 5.91 Å². The van der Waals surface area contributed by atoms with Crippen LogP contribution in [-0.2, 0) is 9.53 Å². The van der Waals surface area contributed by atoms with Gasteiger partial charge in [0.25, 0.3) is 5.91 Å². The van der Waals surface area contributed by atoms with E-state index in [1.807, 2.05) is 0 Å². The molecular weight excluding hydrogens is 362 g/mol. The van der Waals surface area contributed by atoms with Crippen molar-refractivity contribution in [1.82, 2.24) is 15.2 Å². The van der Waals surface area contributed by atoms with Crippen LogP contribution in [0.2, 0.25) is 5.02 Å². The van der Waals surface area contributed by atoms with E-state index >= 15 is 0 Å². The summed E-state index contributed by atoms with van der Waals surface area (Å²) >= 11 is 5.86. The van der Waals surface area contributed by atoms with E-state index in [-0.39, 0.29) is 30.9 Å². The monoisotopic (exact) mass is 379 g/mol. The number of aromatic nitrogens is 1. The average Bonchev–Trinajstić information content (AvgIpc) is 3.19. The lowest BCUT2D eigenvalue weighted by molar-refractivity contribution is -0.138. The van der Waals surface area contributed by atoms with Crippen molar-refractivity contribution in [3.63, 3.8) is 0 Å². The highest BCUT2D eigenvalue weighted by atomic mass is 35.5. The Labute approximate surface area is 155 Å². The second kappa shape index (κ2) is 8.68. The normalized spacial score (nSPS) is 17.0. The minimum Gasteiger partial charge on any atom is -0.489 e. The summed E-state index contributed by atoms with van der Waals surface area (Å²) in [6.45, 7) is 1.41. The molecule has 26 heavy (non-hydrogen) atoms. The number of rotatable bonds is 6. The highest BCUT2D eigenvalue weighted by molar-refractivity contribution is 6.30. The van der Waals surface area contributed by atoms with Gasteiger partial charge >= 0.3 is 0 Å². The summed E-state index contributed by atoms with van der Waals surface area (Å²) in [5.74, 6) is 0.0871. The van der Waals surface area contributed by atoms with Gasteiger partial charge < -0.3 is 24.1 Å². The van der Waals surface area contributed by atoms with Gasteiger partial charge in [-0.2, -0.15) is 0 Å². The number of hydrogen-bond donors (Lipinski definition) is 1. The van der Waals surface area contributed by atoms with Gasteiger partial charge in [0, 0.05) is 18.8 Å². The largest absolute Gasteiger partial charge is 0.489 e. The van der Waals surface area contributed by atoms with Gasteiger partial charge in [0.05, 0.1) is 37.2 Å². The summed E-state index contributed by atoms with van der Waals surface area (Å²) in [4.78, 5) is 29.7. The van der Waals surface area contributed by atoms with Gasteiger partial charge in [0.2, 0.25) is 5.91 Å². The van der Waals surface area contributed by atoms with E-state index in [1.54, 1.807) is 23.2 Å². The van der Waals surface area contributed by atoms with E-state index in [4.69, 9.17) is 25.5 Å². The minimum absolute atomic E-state index is 0.106. The molecule has 0 spiro atoms. The Morgan fingerprint density at radius 2 is 2.31 bits per heavy atom. The fourth-order valence-corrected chi connectivity index (χ4v) is 2.63. The third-order valence-corrected chi connectivity index (χ3v) is 3.96. The molecule has 0 saturated carbocycles. The van der Waals surface area contributed by atoms with Crippen LogP contribution in [0.5, 0.6) is 5.75 Å². The van der Waals surface area contributed by atoms with Gasteiger partial charge in [-0.05, 0) is 12.1 Å². The summed E-state index contributed by atoms with van der Waals surface area (Å²) in [7, 11) is 0. The summed E-state index contributed by atoms with van der Waals surface area (Å²) < 4.78 is 16.2. The molecule has 138 valence electrons. The number of carbonyl (C=O) groups excluding carboxylic acids is 2. The van der Waals surface area contributed by atoms with Crippen LogP contribution in [0.3, 0.4) is 0 Å². The Hall–Kier alpha value is -2.58. The quantitative estimate of drug-likeness (QED) is 0.814. The van der Waals surface area contributed by atoms with Gasteiger partial charge in [0.1, 0.15) is 18.5 Å². The van der Waals surface area contributed by atoms with Crippen molar-refractivity contribution in [1.29, 1.82) is 0 Å². The molecule has 2 aromatic rings. The Kier molecular flexibility index (Phi) is 6.08. The van der Waals surface area contributed by atoms with Crippen LogP contribution in [0.15, 0.2) is 41.3 Å². The molecule has 0 bridgehead atoms. The van der Waals surface area contributed by atoms with Crippen LogP contribution in [0.1, 0.15) is 10.6 Å². The van der Waals surface area contributed by atoms with Crippen LogP contribution >= 0.6 is 11.6 Å². The maximum atomic E-state index is 12.3. The molecule has 3 rings (SSSR count). The number of nitrogens with zero attached hydrogens (tertiary/aromatic N) is 2. The van der Waals surface area contributed by atoms with E-state index in [2.05, 4.69) is 10.3 Å². The number of ether oxygens (including phenoxy) is 2. The highest BCUT2D eigenvalue weighted by Gasteiger charge is 2.25. The standard InChI is InChI=1S/C17H18ClN3O5/c18-12-6-13(8-19-7-12)26-11-14-10-21(3-5-24-14)16(22)9-20-17(23)15-2-1-4-25-15/h1-2,4,6-8,14H,3,5,9-11H2,(H,20,23). The zero-order valence-corrected chi connectivity index (χ0v) is 14.6. The first-order valence-corrected chi connectivity index (χ1v) is 8.44. The molecule has 1 N–H and O–H groups in total. The molecule has 1 aliphatic heterocycles. The van der Waals surface area contributed by atoms with Crippen molar-refractivity contribution in [2.75, 3.05) is 32.8 Å². The molecule has 2 aromatic heterocycles. The summed E-state index contributed by atoms with van der Waals surface area (Å²) in [5.41, 5.74) is 0. The second-order valence-electron chi connectivity index (χ2n) is 5.64. The summed E-state index contributed by atoms with van der Waals surface area (Å²) in [6, 6.07) is 4.80. The number of amides is 2. The van der Waals surface area contributed by atoms with Gasteiger partial charge in [0.15, 0.2) is 5.76 Å². The number of carbonyl (C=O) groups is 2. The lowest BCUT2D eigenvalue weighted by Gasteiger charge is -2.32. The second-order valence-corrected chi connectivity index (χ2v) is 6.08. The fraction of sp³-hybridized carbons (Fsp3) is 0.353. The van der Waals surface area contributed by atoms with Crippen molar-refractivity contribution in [2.24, 2.45) is 0 Å². The molecule has 1 aliphatic rings. The Morgan fingerprint density at radius 3 is 3.08 bits per heavy atom. The molecule has 1 unspecified atom stereocenters. The molecule has 1 fully saturated rings. The van der Waals surface area contributed by atoms with E-state index in [1.165, 1.54) is 18.5 Å². The number of halogens is 1. The lowest BCUT2D eigenvalue weighted by Crippen LogP contribution is -2.50. The predicted molar refractivity (Wildman–Crippen MR) is 92.1 cm³/mol. The minimum atomic E-state index is -0.426. The Bertz CT molecular complexity index is 753. The fourth-order valence-electron chi connectivity index (χ4n) is 2.47.